The van der Waals surface area contributed by atoms with Gasteiger partial charge < -0.3 is 15.4 Å². The van der Waals surface area contributed by atoms with Gasteiger partial charge in [-0.2, -0.15) is 0 Å². The van der Waals surface area contributed by atoms with Crippen LogP contribution in [0.1, 0.15) is 12.5 Å². The highest BCUT2D eigenvalue weighted by atomic mass is 19.1. The number of hydrogen-bond donors (Lipinski definition) is 2. The van der Waals surface area contributed by atoms with Crippen LogP contribution >= 0.6 is 0 Å². The molecule has 28 heavy (non-hydrogen) atoms. The Bertz CT molecular complexity index is 1090. The zero-order chi connectivity index (χ0) is 19.7. The van der Waals surface area contributed by atoms with Crippen LogP contribution < -0.4 is 15.4 Å². The van der Waals surface area contributed by atoms with E-state index >= 15 is 0 Å². The van der Waals surface area contributed by atoms with E-state index in [0.29, 0.717) is 28.1 Å². The van der Waals surface area contributed by atoms with Gasteiger partial charge in [-0.1, -0.05) is 30.3 Å². The molecule has 0 fully saturated rings. The standard InChI is InChI=1S/C23H19FN2O2/c1-14(25-16-7-4-3-5-8-16)21-17-13-15(11-12-19(17)26-23(21)27)22-18(24)9-6-10-20(22)28-2/h3-13,25H,1-2H3,(H,26,27)/b21-14-. The molecule has 1 amide bonds. The highest BCUT2D eigenvalue weighted by Gasteiger charge is 2.27. The van der Waals surface area contributed by atoms with Crippen molar-refractivity contribution in [2.24, 2.45) is 0 Å². The fourth-order valence-corrected chi connectivity index (χ4v) is 3.45. The smallest absolute Gasteiger partial charge is 0.258 e. The van der Waals surface area contributed by atoms with Crippen molar-refractivity contribution in [3.63, 3.8) is 0 Å². The van der Waals surface area contributed by atoms with Crippen LogP contribution in [0.2, 0.25) is 0 Å². The maximum atomic E-state index is 14.5. The van der Waals surface area contributed by atoms with E-state index in [0.717, 1.165) is 16.9 Å². The quantitative estimate of drug-likeness (QED) is 0.610. The fraction of sp³-hybridized carbons (Fsp3) is 0.0870. The molecule has 3 aromatic rings. The van der Waals surface area contributed by atoms with Crippen molar-refractivity contribution in [3.8, 4) is 16.9 Å². The summed E-state index contributed by atoms with van der Waals surface area (Å²) in [6.45, 7) is 1.85. The van der Waals surface area contributed by atoms with Gasteiger partial charge in [-0.15, -0.1) is 0 Å². The van der Waals surface area contributed by atoms with E-state index in [2.05, 4.69) is 10.6 Å². The van der Waals surface area contributed by atoms with E-state index in [-0.39, 0.29) is 11.7 Å². The third kappa shape index (κ3) is 3.11. The molecule has 3 aromatic carbocycles. The first kappa shape index (κ1) is 17.8. The minimum Gasteiger partial charge on any atom is -0.496 e. The lowest BCUT2D eigenvalue weighted by Gasteiger charge is -2.12. The summed E-state index contributed by atoms with van der Waals surface area (Å²) in [6.07, 6.45) is 0. The van der Waals surface area contributed by atoms with E-state index in [1.54, 1.807) is 24.3 Å². The van der Waals surface area contributed by atoms with Crippen molar-refractivity contribution < 1.29 is 13.9 Å². The third-order valence-electron chi connectivity index (χ3n) is 4.73. The predicted octanol–water partition coefficient (Wildman–Crippen LogP) is 5.30. The average molecular weight is 374 g/mol. The summed E-state index contributed by atoms with van der Waals surface area (Å²) in [6, 6.07) is 19.7. The summed E-state index contributed by atoms with van der Waals surface area (Å²) in [5, 5.41) is 6.14. The Morgan fingerprint density at radius 2 is 1.82 bits per heavy atom. The second kappa shape index (κ2) is 7.19. The number of carbonyl (C=O) groups excluding carboxylic acids is 1. The first-order valence-electron chi connectivity index (χ1n) is 8.90. The van der Waals surface area contributed by atoms with Crippen LogP contribution in [-0.4, -0.2) is 13.0 Å². The van der Waals surface area contributed by atoms with Crippen molar-refractivity contribution in [3.05, 3.63) is 83.8 Å². The highest BCUT2D eigenvalue weighted by Crippen LogP contribution is 2.40. The normalized spacial score (nSPS) is 14.3. The molecular weight excluding hydrogens is 355 g/mol. The van der Waals surface area contributed by atoms with Gasteiger partial charge in [-0.25, -0.2) is 4.39 Å². The van der Waals surface area contributed by atoms with Gasteiger partial charge in [-0.3, -0.25) is 4.79 Å². The van der Waals surface area contributed by atoms with Gasteiger partial charge >= 0.3 is 0 Å². The molecule has 140 valence electrons. The van der Waals surface area contributed by atoms with Crippen molar-refractivity contribution >= 4 is 22.9 Å². The number of amides is 1. The van der Waals surface area contributed by atoms with Crippen LogP contribution in [0, 0.1) is 5.82 Å². The third-order valence-corrected chi connectivity index (χ3v) is 4.73. The molecule has 0 spiro atoms. The molecule has 4 rings (SSSR count). The molecule has 5 heteroatoms. The van der Waals surface area contributed by atoms with Crippen LogP contribution in [0.3, 0.4) is 0 Å². The zero-order valence-corrected chi connectivity index (χ0v) is 15.5. The number of para-hydroxylation sites is 1. The van der Waals surface area contributed by atoms with Gasteiger partial charge in [-0.05, 0) is 48.9 Å². The summed E-state index contributed by atoms with van der Waals surface area (Å²) < 4.78 is 19.8. The van der Waals surface area contributed by atoms with Crippen molar-refractivity contribution in [2.75, 3.05) is 17.7 Å². The lowest BCUT2D eigenvalue weighted by Crippen LogP contribution is -2.08. The van der Waals surface area contributed by atoms with Gasteiger partial charge in [0, 0.05) is 22.6 Å². The molecule has 0 atom stereocenters. The number of nitrogens with one attached hydrogen (secondary N) is 2. The van der Waals surface area contributed by atoms with Crippen LogP contribution in [0.15, 0.2) is 72.4 Å². The number of hydrogen-bond acceptors (Lipinski definition) is 3. The second-order valence-corrected chi connectivity index (χ2v) is 6.52. The minimum absolute atomic E-state index is 0.187. The Morgan fingerprint density at radius 3 is 2.57 bits per heavy atom. The number of allylic oxidation sites excluding steroid dienone is 1. The maximum absolute atomic E-state index is 14.5. The second-order valence-electron chi connectivity index (χ2n) is 6.52. The van der Waals surface area contributed by atoms with E-state index < -0.39 is 0 Å². The van der Waals surface area contributed by atoms with Crippen molar-refractivity contribution in [2.45, 2.75) is 6.92 Å². The Morgan fingerprint density at radius 1 is 1.04 bits per heavy atom. The van der Waals surface area contributed by atoms with E-state index in [4.69, 9.17) is 4.74 Å². The van der Waals surface area contributed by atoms with Gasteiger partial charge in [0.15, 0.2) is 0 Å². The van der Waals surface area contributed by atoms with E-state index in [1.807, 2.05) is 43.3 Å². The first-order valence-corrected chi connectivity index (χ1v) is 8.90. The first-order chi connectivity index (χ1) is 13.6. The fourth-order valence-electron chi connectivity index (χ4n) is 3.45. The van der Waals surface area contributed by atoms with Crippen molar-refractivity contribution in [1.29, 1.82) is 0 Å². The topological polar surface area (TPSA) is 50.4 Å². The Balaban J connectivity index is 1.81. The average Bonchev–Trinajstić information content (AvgIpc) is 3.03. The van der Waals surface area contributed by atoms with Crippen LogP contribution in [0.4, 0.5) is 15.8 Å². The summed E-state index contributed by atoms with van der Waals surface area (Å²) in [7, 11) is 1.51. The predicted molar refractivity (Wildman–Crippen MR) is 110 cm³/mol. The van der Waals surface area contributed by atoms with Crippen LogP contribution in [0.25, 0.3) is 16.7 Å². The molecule has 0 bridgehead atoms. The lowest BCUT2D eigenvalue weighted by atomic mass is 9.97. The molecule has 2 N–H and O–H groups in total. The molecule has 1 aliphatic heterocycles. The molecule has 4 nitrogen and oxygen atoms in total. The molecule has 0 saturated heterocycles. The number of carbonyl (C=O) groups is 1. The van der Waals surface area contributed by atoms with E-state index in [1.165, 1.54) is 13.2 Å². The van der Waals surface area contributed by atoms with Gasteiger partial charge in [0.2, 0.25) is 0 Å². The maximum Gasteiger partial charge on any atom is 0.258 e. The Labute approximate surface area is 162 Å². The summed E-state index contributed by atoms with van der Waals surface area (Å²) >= 11 is 0. The zero-order valence-electron chi connectivity index (χ0n) is 15.5. The summed E-state index contributed by atoms with van der Waals surface area (Å²) in [5.41, 5.74) is 4.61. The molecule has 1 aliphatic rings. The van der Waals surface area contributed by atoms with Gasteiger partial charge in [0.05, 0.1) is 18.2 Å². The van der Waals surface area contributed by atoms with Gasteiger partial charge in [0.1, 0.15) is 11.6 Å². The minimum atomic E-state index is -0.374. The highest BCUT2D eigenvalue weighted by molar-refractivity contribution is 6.32. The summed E-state index contributed by atoms with van der Waals surface area (Å²) in [5.74, 6) is -0.114. The Kier molecular flexibility index (Phi) is 4.57. The SMILES string of the molecule is COc1cccc(F)c1-c1ccc2c(c1)/C(=C(\C)Nc1ccccc1)C(=O)N2. The largest absolute Gasteiger partial charge is 0.496 e. The molecule has 0 radical (unpaired) electrons. The number of anilines is 2. The molecule has 0 aromatic heterocycles. The number of benzene rings is 3. The molecular formula is C23H19FN2O2. The van der Waals surface area contributed by atoms with E-state index in [9.17, 15) is 9.18 Å². The number of methoxy groups -OCH3 is 1. The monoisotopic (exact) mass is 374 g/mol. The molecule has 0 aliphatic carbocycles. The van der Waals surface area contributed by atoms with Crippen LogP contribution in [-0.2, 0) is 4.79 Å². The summed E-state index contributed by atoms with van der Waals surface area (Å²) in [4.78, 5) is 12.6. The Hall–Kier alpha value is -3.60. The molecule has 0 saturated carbocycles. The lowest BCUT2D eigenvalue weighted by molar-refractivity contribution is -0.110. The number of rotatable bonds is 4. The van der Waals surface area contributed by atoms with Crippen LogP contribution in [0.5, 0.6) is 5.75 Å². The van der Waals surface area contributed by atoms with Crippen molar-refractivity contribution in [1.82, 2.24) is 0 Å². The molecule has 0 unspecified atom stereocenters. The molecule has 1 heterocycles. The number of fused-ring (bicyclic) bond motifs is 1. The number of halogens is 1. The van der Waals surface area contributed by atoms with Gasteiger partial charge in [0.25, 0.3) is 5.91 Å². The number of ether oxygens (including phenoxy) is 1.